The van der Waals surface area contributed by atoms with Crippen LogP contribution in [-0.2, 0) is 16.6 Å². The Morgan fingerprint density at radius 1 is 1.28 bits per heavy atom. The highest BCUT2D eigenvalue weighted by Gasteiger charge is 2.28. The van der Waals surface area contributed by atoms with Gasteiger partial charge in [-0.2, -0.15) is 13.2 Å². The second-order valence-corrected chi connectivity index (χ2v) is 6.60. The van der Waals surface area contributed by atoms with Crippen LogP contribution in [0.25, 0.3) is 0 Å². The first-order valence-electron chi connectivity index (χ1n) is 7.09. The van der Waals surface area contributed by atoms with Gasteiger partial charge in [0.05, 0.1) is 11.9 Å². The van der Waals surface area contributed by atoms with Gasteiger partial charge < -0.3 is 10.1 Å². The summed E-state index contributed by atoms with van der Waals surface area (Å²) in [5.41, 5.74) is 1.46. The van der Waals surface area contributed by atoms with Crippen molar-refractivity contribution in [2.45, 2.75) is 11.9 Å². The van der Waals surface area contributed by atoms with Crippen molar-refractivity contribution in [1.29, 1.82) is 0 Å². The number of halogens is 3. The number of aromatic nitrogens is 1. The molecule has 0 saturated carbocycles. The summed E-state index contributed by atoms with van der Waals surface area (Å²) in [6.07, 6.45) is -1.67. The number of benzene rings is 1. The van der Waals surface area contributed by atoms with Gasteiger partial charge in [-0.25, -0.2) is 4.98 Å². The Balaban J connectivity index is 1.99. The van der Waals surface area contributed by atoms with Crippen molar-refractivity contribution in [1.82, 2.24) is 4.98 Å². The van der Waals surface area contributed by atoms with E-state index in [0.29, 0.717) is 17.0 Å². The lowest BCUT2D eigenvalue weighted by Gasteiger charge is -2.09. The quantitative estimate of drug-likeness (QED) is 0.846. The Labute approximate surface area is 144 Å². The Hall–Kier alpha value is -2.42. The summed E-state index contributed by atoms with van der Waals surface area (Å²) >= 11 is 0. The Kier molecular flexibility index (Phi) is 6.13. The number of carbonyl (C=O) groups excluding carboxylic acids is 1. The van der Waals surface area contributed by atoms with Crippen molar-refractivity contribution in [3.8, 4) is 5.88 Å². The molecule has 1 atom stereocenters. The lowest BCUT2D eigenvalue weighted by Crippen LogP contribution is -2.19. The van der Waals surface area contributed by atoms with Crippen LogP contribution in [0.1, 0.15) is 15.9 Å². The van der Waals surface area contributed by atoms with Gasteiger partial charge >= 0.3 is 6.18 Å². The maximum absolute atomic E-state index is 12.2. The molecule has 1 heterocycles. The lowest BCUT2D eigenvalue weighted by molar-refractivity contribution is -0.154. The molecule has 2 rings (SSSR count). The minimum Gasteiger partial charge on any atom is -0.468 e. The number of anilines is 1. The van der Waals surface area contributed by atoms with E-state index in [-0.39, 0.29) is 5.88 Å². The predicted molar refractivity (Wildman–Crippen MR) is 88.0 cm³/mol. The molecular formula is C16H15F3N2O3S. The van der Waals surface area contributed by atoms with E-state index in [4.69, 9.17) is 0 Å². The van der Waals surface area contributed by atoms with Crippen LogP contribution in [-0.4, -0.2) is 34.1 Å². The van der Waals surface area contributed by atoms with Crippen LogP contribution in [0.4, 0.5) is 18.9 Å². The van der Waals surface area contributed by atoms with Crippen molar-refractivity contribution in [2.24, 2.45) is 0 Å². The van der Waals surface area contributed by atoms with Crippen LogP contribution in [0, 0.1) is 0 Å². The fraction of sp³-hybridized carbons (Fsp3) is 0.250. The lowest BCUT2D eigenvalue weighted by atomic mass is 10.1. The molecule has 1 amide bonds. The molecule has 0 aliphatic rings. The van der Waals surface area contributed by atoms with Gasteiger partial charge in [-0.3, -0.25) is 9.00 Å². The largest absolute Gasteiger partial charge is 0.468 e. The molecule has 0 aliphatic heterocycles. The molecular weight excluding hydrogens is 357 g/mol. The van der Waals surface area contributed by atoms with Crippen LogP contribution in [0.5, 0.6) is 5.88 Å². The van der Waals surface area contributed by atoms with E-state index in [9.17, 15) is 22.2 Å². The van der Waals surface area contributed by atoms with Gasteiger partial charge in [0.1, 0.15) is 0 Å². The van der Waals surface area contributed by atoms with Crippen LogP contribution < -0.4 is 10.1 Å². The van der Waals surface area contributed by atoms with Gasteiger partial charge in [-0.1, -0.05) is 12.1 Å². The van der Waals surface area contributed by atoms with Gasteiger partial charge in [-0.05, 0) is 23.8 Å². The van der Waals surface area contributed by atoms with Crippen molar-refractivity contribution in [2.75, 3.05) is 18.2 Å². The molecule has 0 fully saturated rings. The van der Waals surface area contributed by atoms with E-state index >= 15 is 0 Å². The van der Waals surface area contributed by atoms with Gasteiger partial charge in [0, 0.05) is 34.4 Å². The number of alkyl halides is 3. The summed E-state index contributed by atoms with van der Waals surface area (Å²) in [6, 6.07) is 9.31. The number of carbonyl (C=O) groups is 1. The second-order valence-electron chi connectivity index (χ2n) is 5.16. The fourth-order valence-corrected chi connectivity index (χ4v) is 2.58. The van der Waals surface area contributed by atoms with E-state index in [1.807, 2.05) is 0 Å². The van der Waals surface area contributed by atoms with E-state index < -0.39 is 29.5 Å². The molecule has 1 N–H and O–H groups in total. The van der Waals surface area contributed by atoms with Gasteiger partial charge in [-0.15, -0.1) is 0 Å². The molecule has 25 heavy (non-hydrogen) atoms. The minimum absolute atomic E-state index is 0.192. The first-order chi connectivity index (χ1) is 11.7. The predicted octanol–water partition coefficient (Wildman–Crippen LogP) is 3.15. The maximum atomic E-state index is 12.2. The summed E-state index contributed by atoms with van der Waals surface area (Å²) < 4.78 is 51.9. The topological polar surface area (TPSA) is 68.3 Å². The molecule has 5 nitrogen and oxygen atoms in total. The fourth-order valence-electron chi connectivity index (χ4n) is 1.94. The highest BCUT2D eigenvalue weighted by Crippen LogP contribution is 2.18. The summed E-state index contributed by atoms with van der Waals surface area (Å²) in [4.78, 5) is 15.9. The average Bonchev–Trinajstić information content (AvgIpc) is 2.53. The third kappa shape index (κ3) is 6.54. The summed E-state index contributed by atoms with van der Waals surface area (Å²) in [7, 11) is -1.02. The van der Waals surface area contributed by atoms with Crippen molar-refractivity contribution < 1.29 is 26.9 Å². The van der Waals surface area contributed by atoms with Gasteiger partial charge in [0.15, 0.2) is 6.61 Å². The van der Waals surface area contributed by atoms with E-state index in [2.05, 4.69) is 15.0 Å². The van der Waals surface area contributed by atoms with Crippen molar-refractivity contribution in [3.05, 3.63) is 53.7 Å². The Morgan fingerprint density at radius 3 is 2.64 bits per heavy atom. The molecule has 0 saturated heterocycles. The number of rotatable bonds is 6. The molecule has 0 spiro atoms. The third-order valence-corrected chi connectivity index (χ3v) is 3.68. The molecule has 1 aromatic heterocycles. The molecule has 2 aromatic rings. The molecule has 1 unspecified atom stereocenters. The second kappa shape index (κ2) is 8.11. The average molecular weight is 372 g/mol. The first kappa shape index (κ1) is 18.9. The number of nitrogens with one attached hydrogen (secondary N) is 1. The normalized spacial score (nSPS) is 12.5. The van der Waals surface area contributed by atoms with Crippen LogP contribution in [0.15, 0.2) is 42.6 Å². The number of amides is 1. The van der Waals surface area contributed by atoms with E-state index in [0.717, 1.165) is 5.56 Å². The summed E-state index contributed by atoms with van der Waals surface area (Å²) in [5, 5.41) is 2.58. The number of pyridine rings is 1. The number of ether oxygens (including phenoxy) is 1. The monoisotopic (exact) mass is 372 g/mol. The van der Waals surface area contributed by atoms with E-state index in [1.54, 1.807) is 30.5 Å². The summed E-state index contributed by atoms with van der Waals surface area (Å²) in [6.45, 7) is -1.43. The highest BCUT2D eigenvalue weighted by atomic mass is 32.2. The number of hydrogen-bond acceptors (Lipinski definition) is 4. The zero-order valence-electron chi connectivity index (χ0n) is 13.2. The summed E-state index contributed by atoms with van der Waals surface area (Å²) in [5.74, 6) is -0.259. The molecule has 134 valence electrons. The Bertz CT molecular complexity index is 764. The zero-order valence-corrected chi connectivity index (χ0v) is 14.0. The maximum Gasteiger partial charge on any atom is 0.422 e. The Morgan fingerprint density at radius 2 is 2.04 bits per heavy atom. The van der Waals surface area contributed by atoms with Crippen LogP contribution in [0.3, 0.4) is 0 Å². The number of nitrogens with zero attached hydrogens (tertiary/aromatic N) is 1. The third-order valence-electron chi connectivity index (χ3n) is 2.94. The first-order valence-corrected chi connectivity index (χ1v) is 8.81. The molecule has 0 radical (unpaired) electrons. The van der Waals surface area contributed by atoms with Crippen LogP contribution >= 0.6 is 0 Å². The van der Waals surface area contributed by atoms with Crippen molar-refractivity contribution in [3.63, 3.8) is 0 Å². The minimum atomic E-state index is -4.44. The molecule has 9 heteroatoms. The smallest absolute Gasteiger partial charge is 0.422 e. The van der Waals surface area contributed by atoms with Crippen molar-refractivity contribution >= 4 is 22.4 Å². The molecule has 1 aromatic carbocycles. The molecule has 0 bridgehead atoms. The van der Waals surface area contributed by atoms with E-state index in [1.165, 1.54) is 18.3 Å². The molecule has 0 aliphatic carbocycles. The highest BCUT2D eigenvalue weighted by molar-refractivity contribution is 7.83. The van der Waals surface area contributed by atoms with Crippen LogP contribution in [0.2, 0.25) is 0 Å². The number of hydrogen-bond donors (Lipinski definition) is 1. The SMILES string of the molecule is CS(=O)Cc1cccc(C(=O)Nc2ccc(OCC(F)(F)F)nc2)c1. The van der Waals surface area contributed by atoms with Gasteiger partial charge in [0.2, 0.25) is 5.88 Å². The zero-order chi connectivity index (χ0) is 18.4. The van der Waals surface area contributed by atoms with Gasteiger partial charge in [0.25, 0.3) is 5.91 Å². The standard InChI is InChI=1S/C16H15F3N2O3S/c1-25(23)9-11-3-2-4-12(7-11)15(22)21-13-5-6-14(20-8-13)24-10-16(17,18)19/h2-8H,9-10H2,1H3,(H,21,22).